The third-order valence-electron chi connectivity index (χ3n) is 1.47. The van der Waals surface area contributed by atoms with Crippen LogP contribution in [0.2, 0.25) is 0 Å². The molecule has 0 atom stereocenters. The molecular formula is C7H2BrF6N. The van der Waals surface area contributed by atoms with Crippen molar-refractivity contribution in [3.8, 4) is 0 Å². The zero-order valence-corrected chi connectivity index (χ0v) is 8.33. The Balaban J connectivity index is 3.38. The number of nitrogens with zero attached hydrogens (tertiary/aromatic N) is 1. The maximum absolute atomic E-state index is 12.7. The van der Waals surface area contributed by atoms with E-state index in [0.29, 0.717) is 0 Å². The van der Waals surface area contributed by atoms with Crippen molar-refractivity contribution in [1.29, 1.82) is 0 Å². The van der Waals surface area contributed by atoms with Crippen molar-refractivity contribution < 1.29 is 26.3 Å². The van der Waals surface area contributed by atoms with E-state index in [-0.39, 0.29) is 6.07 Å². The predicted octanol–water partition coefficient (Wildman–Crippen LogP) is 3.94. The molecule has 0 N–H and O–H groups in total. The quantitative estimate of drug-likeness (QED) is 0.564. The smallest absolute Gasteiger partial charge is 0.218 e. The van der Waals surface area contributed by atoms with Crippen LogP contribution in [0.25, 0.3) is 0 Å². The van der Waals surface area contributed by atoms with Crippen molar-refractivity contribution in [2.75, 3.05) is 0 Å². The molecule has 0 saturated carbocycles. The van der Waals surface area contributed by atoms with Crippen LogP contribution in [-0.4, -0.2) is 4.98 Å². The summed E-state index contributed by atoms with van der Waals surface area (Å²) in [5.41, 5.74) is -2.76. The second kappa shape index (κ2) is 3.99. The summed E-state index contributed by atoms with van der Waals surface area (Å²) in [4.78, 5) is 2.68. The van der Waals surface area contributed by atoms with Crippen LogP contribution in [0.3, 0.4) is 0 Å². The van der Waals surface area contributed by atoms with E-state index in [1.807, 2.05) is 0 Å². The molecule has 1 rings (SSSR count). The Morgan fingerprint density at radius 2 is 1.80 bits per heavy atom. The van der Waals surface area contributed by atoms with Gasteiger partial charge in [0.15, 0.2) is 0 Å². The van der Waals surface area contributed by atoms with Gasteiger partial charge >= 0.3 is 6.18 Å². The van der Waals surface area contributed by atoms with Crippen LogP contribution in [0.1, 0.15) is 17.7 Å². The Hall–Kier alpha value is -0.790. The summed E-state index contributed by atoms with van der Waals surface area (Å²) in [5, 5.41) is 0. The number of alkyl halides is 5. The van der Waals surface area contributed by atoms with E-state index < -0.39 is 34.3 Å². The highest BCUT2D eigenvalue weighted by molar-refractivity contribution is 9.10. The van der Waals surface area contributed by atoms with Gasteiger partial charge in [-0.15, -0.1) is 0 Å². The molecule has 0 spiro atoms. The minimum Gasteiger partial charge on any atom is -0.218 e. The number of hydrogen-bond acceptors (Lipinski definition) is 1. The summed E-state index contributed by atoms with van der Waals surface area (Å²) in [5.74, 6) is -1.61. The van der Waals surface area contributed by atoms with E-state index in [9.17, 15) is 26.3 Å². The molecule has 0 aliphatic rings. The van der Waals surface area contributed by atoms with Crippen molar-refractivity contribution in [2.24, 2.45) is 0 Å². The van der Waals surface area contributed by atoms with Gasteiger partial charge < -0.3 is 0 Å². The zero-order chi connectivity index (χ0) is 11.8. The summed E-state index contributed by atoms with van der Waals surface area (Å²) in [7, 11) is 0. The monoisotopic (exact) mass is 293 g/mol. The Morgan fingerprint density at radius 1 is 1.27 bits per heavy atom. The van der Waals surface area contributed by atoms with E-state index in [1.54, 1.807) is 0 Å². The first-order valence-electron chi connectivity index (χ1n) is 3.44. The summed E-state index contributed by atoms with van der Waals surface area (Å²) < 4.78 is 72.4. The van der Waals surface area contributed by atoms with Gasteiger partial charge in [-0.25, -0.2) is 13.8 Å². The Kier molecular flexibility index (Phi) is 3.27. The first-order valence-corrected chi connectivity index (χ1v) is 4.24. The Morgan fingerprint density at radius 3 is 2.20 bits per heavy atom. The lowest BCUT2D eigenvalue weighted by molar-refractivity contribution is -0.138. The second-order valence-electron chi connectivity index (χ2n) is 2.50. The van der Waals surface area contributed by atoms with Gasteiger partial charge in [-0.1, -0.05) is 0 Å². The van der Waals surface area contributed by atoms with E-state index in [4.69, 9.17) is 0 Å². The average molecular weight is 294 g/mol. The number of hydrogen-bond donors (Lipinski definition) is 0. The fourth-order valence-electron chi connectivity index (χ4n) is 0.835. The van der Waals surface area contributed by atoms with E-state index in [1.165, 1.54) is 0 Å². The molecule has 0 saturated heterocycles. The van der Waals surface area contributed by atoms with Gasteiger partial charge in [0.05, 0.1) is 10.0 Å². The first-order chi connectivity index (χ1) is 6.73. The third kappa shape index (κ3) is 2.61. The minimum atomic E-state index is -4.91. The highest BCUT2D eigenvalue weighted by Crippen LogP contribution is 2.37. The fourth-order valence-corrected chi connectivity index (χ4v) is 1.26. The summed E-state index contributed by atoms with van der Waals surface area (Å²) in [6.07, 6.45) is -8.17. The highest BCUT2D eigenvalue weighted by Gasteiger charge is 2.36. The van der Waals surface area contributed by atoms with Gasteiger partial charge in [0.2, 0.25) is 5.95 Å². The number of rotatable bonds is 1. The second-order valence-corrected chi connectivity index (χ2v) is 3.29. The van der Waals surface area contributed by atoms with Crippen LogP contribution < -0.4 is 0 Å². The molecule has 0 aliphatic carbocycles. The van der Waals surface area contributed by atoms with Gasteiger partial charge in [0, 0.05) is 0 Å². The van der Waals surface area contributed by atoms with Gasteiger partial charge in [-0.3, -0.25) is 0 Å². The largest absolute Gasteiger partial charge is 0.417 e. The molecule has 0 fully saturated rings. The Labute approximate surface area is 88.2 Å². The first kappa shape index (κ1) is 12.3. The molecule has 0 aliphatic heterocycles. The molecule has 0 amide bonds. The van der Waals surface area contributed by atoms with E-state index in [2.05, 4.69) is 20.9 Å². The molecule has 84 valence electrons. The van der Waals surface area contributed by atoms with Crippen molar-refractivity contribution in [2.45, 2.75) is 12.6 Å². The van der Waals surface area contributed by atoms with Crippen LogP contribution >= 0.6 is 15.9 Å². The van der Waals surface area contributed by atoms with Crippen LogP contribution in [0.4, 0.5) is 26.3 Å². The molecule has 1 aromatic heterocycles. The fraction of sp³-hybridized carbons (Fsp3) is 0.286. The number of aromatic nitrogens is 1. The molecule has 0 radical (unpaired) electrons. The van der Waals surface area contributed by atoms with Crippen LogP contribution in [0, 0.1) is 5.95 Å². The molecule has 1 aromatic rings. The highest BCUT2D eigenvalue weighted by atomic mass is 79.9. The van der Waals surface area contributed by atoms with Crippen LogP contribution in [0.5, 0.6) is 0 Å². The van der Waals surface area contributed by atoms with E-state index >= 15 is 0 Å². The third-order valence-corrected chi connectivity index (χ3v) is 2.22. The van der Waals surface area contributed by atoms with Gasteiger partial charge in [-0.05, 0) is 22.0 Å². The van der Waals surface area contributed by atoms with Crippen molar-refractivity contribution in [3.63, 3.8) is 0 Å². The minimum absolute atomic E-state index is 0.109. The molecule has 8 heteroatoms. The van der Waals surface area contributed by atoms with Crippen molar-refractivity contribution in [1.82, 2.24) is 4.98 Å². The normalized spacial score (nSPS) is 12.3. The van der Waals surface area contributed by atoms with Crippen molar-refractivity contribution >= 4 is 15.9 Å². The average Bonchev–Trinajstić information content (AvgIpc) is 2.06. The van der Waals surface area contributed by atoms with E-state index in [0.717, 1.165) is 0 Å². The van der Waals surface area contributed by atoms with Gasteiger partial charge in [-0.2, -0.15) is 17.6 Å². The van der Waals surface area contributed by atoms with Gasteiger partial charge in [0.1, 0.15) is 5.69 Å². The maximum Gasteiger partial charge on any atom is 0.417 e. The number of pyridine rings is 1. The predicted molar refractivity (Wildman–Crippen MR) is 41.9 cm³/mol. The van der Waals surface area contributed by atoms with Crippen LogP contribution in [-0.2, 0) is 6.18 Å². The molecular weight excluding hydrogens is 292 g/mol. The lowest BCUT2D eigenvalue weighted by Gasteiger charge is -2.10. The van der Waals surface area contributed by atoms with Gasteiger partial charge in [0.25, 0.3) is 6.43 Å². The molecule has 1 heterocycles. The maximum atomic E-state index is 12.7. The molecule has 0 bridgehead atoms. The van der Waals surface area contributed by atoms with Crippen LogP contribution in [0.15, 0.2) is 10.5 Å². The Bertz CT molecular complexity index is 374. The molecule has 1 nitrogen and oxygen atoms in total. The molecule has 0 aromatic carbocycles. The standard InChI is InChI=1S/C7H2BrF6N/c8-4-2(7(12,13)14)1-3(5(9)10)15-6(4)11/h1,5H. The summed E-state index contributed by atoms with van der Waals surface area (Å²) in [6.45, 7) is 0. The molecule has 0 unspecified atom stereocenters. The zero-order valence-electron chi connectivity index (χ0n) is 6.75. The summed E-state index contributed by atoms with van der Waals surface area (Å²) >= 11 is 2.30. The summed E-state index contributed by atoms with van der Waals surface area (Å²) in [6, 6.07) is 0.109. The molecule has 15 heavy (non-hydrogen) atoms. The number of halogens is 7. The van der Waals surface area contributed by atoms with Crippen molar-refractivity contribution in [3.05, 3.63) is 27.7 Å². The lowest BCUT2D eigenvalue weighted by Crippen LogP contribution is -2.10. The lowest BCUT2D eigenvalue weighted by atomic mass is 10.2. The SMILES string of the molecule is Fc1nc(C(F)F)cc(C(F)(F)F)c1Br. The topological polar surface area (TPSA) is 12.9 Å².